The Morgan fingerprint density at radius 1 is 0.677 bits per heavy atom. The number of carbonyl (C=O) groups excluding carboxylic acids is 11. The van der Waals surface area contributed by atoms with Crippen molar-refractivity contribution in [2.24, 2.45) is 38.1 Å². The van der Waals surface area contributed by atoms with Crippen LogP contribution in [-0.4, -0.2) is 190 Å². The first kappa shape index (κ1) is 71.1. The van der Waals surface area contributed by atoms with Crippen molar-refractivity contribution in [1.82, 2.24) is 57.7 Å². The lowest BCUT2D eigenvalue weighted by Crippen LogP contribution is -2.61. The first-order valence-corrected chi connectivity index (χ1v) is 31.8. The zero-order valence-electron chi connectivity index (χ0n) is 53.3. The Labute approximate surface area is 552 Å². The fraction of sp³-hybridized carbons (Fsp3) is 0.424. The summed E-state index contributed by atoms with van der Waals surface area (Å²) < 4.78 is 0. The molecule has 4 heterocycles. The lowest BCUT2D eigenvalue weighted by molar-refractivity contribution is -0.142. The molecule has 30 heteroatoms. The molecule has 4 aromatic carbocycles. The van der Waals surface area contributed by atoms with Crippen LogP contribution < -0.4 is 65.1 Å². The summed E-state index contributed by atoms with van der Waals surface area (Å²) in [6.45, 7) is 2.33. The van der Waals surface area contributed by atoms with E-state index >= 15 is 9.59 Å². The lowest BCUT2D eigenvalue weighted by atomic mass is 9.98. The second-order valence-corrected chi connectivity index (χ2v) is 24.4. The number of hydrogen-bond donors (Lipinski definition) is 15. The van der Waals surface area contributed by atoms with Crippen molar-refractivity contribution in [2.45, 2.75) is 145 Å². The largest absolute Gasteiger partial charge is 0.508 e. The highest BCUT2D eigenvalue weighted by Gasteiger charge is 2.40. The molecule has 0 aliphatic carbocycles. The number of fused-ring (bicyclic) bond motifs is 2. The van der Waals surface area contributed by atoms with Gasteiger partial charge in [0.25, 0.3) is 0 Å². The molecule has 0 radical (unpaired) electrons. The SMILES string of the molecule is CC(C)CC(NC(=O)[C@@H](Cc1ccc2ccccc2c1)NC(=O)C(Cc1ccc(O)cc1)NC(=O)C(CO)NC(=O)C(Cc1c[nH]c2ccccc12)NC(=O)C(CC1C=NC=N1)NC(=O)C1CCC(=O)N1)C(=O)NC(CCCN=C(N)N)C(=O)N1CCCC1C(=O)NCC(N)=O. The summed E-state index contributed by atoms with van der Waals surface area (Å²) in [5.41, 5.74) is 18.7. The van der Waals surface area contributed by atoms with Gasteiger partial charge in [-0.25, -0.2) is 4.99 Å². The fourth-order valence-corrected chi connectivity index (χ4v) is 11.7. The number of amides is 11. The number of nitrogens with two attached hydrogens (primary N) is 3. The predicted octanol–water partition coefficient (Wildman–Crippen LogP) is -1.72. The molecule has 3 aliphatic rings. The third kappa shape index (κ3) is 20.1. The molecule has 9 unspecified atom stereocenters. The highest BCUT2D eigenvalue weighted by Crippen LogP contribution is 2.23. The number of nitrogens with zero attached hydrogens (tertiary/aromatic N) is 4. The molecule has 0 bridgehead atoms. The summed E-state index contributed by atoms with van der Waals surface area (Å²) in [5.74, 6) is -9.02. The molecule has 96 heavy (non-hydrogen) atoms. The Balaban J connectivity index is 1.05. The summed E-state index contributed by atoms with van der Waals surface area (Å²) in [7, 11) is 0. The van der Waals surface area contributed by atoms with Gasteiger partial charge in [-0.1, -0.05) is 86.6 Å². The lowest BCUT2D eigenvalue weighted by Gasteiger charge is -2.30. The average molecular weight is 1320 g/mol. The van der Waals surface area contributed by atoms with Crippen LogP contribution in [0.1, 0.15) is 81.9 Å². The minimum atomic E-state index is -1.80. The fourth-order valence-electron chi connectivity index (χ4n) is 11.7. The van der Waals surface area contributed by atoms with Gasteiger partial charge in [0.15, 0.2) is 5.96 Å². The molecule has 18 N–H and O–H groups in total. The number of primary amides is 1. The summed E-state index contributed by atoms with van der Waals surface area (Å²) in [4.78, 5) is 170. The Kier molecular flexibility index (Phi) is 25.1. The number of para-hydroxylation sites is 1. The molecular weight excluding hydrogens is 1240 g/mol. The Morgan fingerprint density at radius 3 is 1.93 bits per heavy atom. The van der Waals surface area contributed by atoms with Gasteiger partial charge in [0, 0.05) is 68.5 Å². The van der Waals surface area contributed by atoms with E-state index < -0.39 is 133 Å². The van der Waals surface area contributed by atoms with Crippen molar-refractivity contribution in [1.29, 1.82) is 0 Å². The number of phenols is 1. The number of nitrogens with one attached hydrogen (secondary N) is 10. The number of likely N-dealkylation sites (tertiary alicyclic amines) is 1. The number of rotatable bonds is 33. The molecule has 0 saturated carbocycles. The number of H-pyrrole nitrogens is 1. The number of aromatic nitrogens is 1. The number of guanidine groups is 1. The van der Waals surface area contributed by atoms with Crippen LogP contribution in [-0.2, 0) is 72.0 Å². The number of benzene rings is 4. The highest BCUT2D eigenvalue weighted by molar-refractivity contribution is 6.00. The van der Waals surface area contributed by atoms with Crippen LogP contribution in [0, 0.1) is 5.92 Å². The molecule has 2 fully saturated rings. The molecule has 1 aromatic heterocycles. The summed E-state index contributed by atoms with van der Waals surface area (Å²) >= 11 is 0. The molecular formula is C66H83N17O13. The Morgan fingerprint density at radius 2 is 1.28 bits per heavy atom. The normalized spacial score (nSPS) is 17.8. The van der Waals surface area contributed by atoms with Crippen molar-refractivity contribution in [3.8, 4) is 5.75 Å². The average Bonchev–Trinajstić information content (AvgIpc) is 1.91. The summed E-state index contributed by atoms with van der Waals surface area (Å²) in [5, 5.41) is 47.5. The Hall–Kier alpha value is -10.8. The number of aliphatic hydroxyl groups is 1. The van der Waals surface area contributed by atoms with E-state index in [1.165, 1.54) is 41.7 Å². The molecule has 11 amide bonds. The molecule has 10 atom stereocenters. The van der Waals surface area contributed by atoms with Gasteiger partial charge in [0.1, 0.15) is 66.5 Å². The zero-order chi connectivity index (χ0) is 69.0. The first-order chi connectivity index (χ1) is 46.0. The molecule has 8 rings (SSSR count). The number of phenolic OH excluding ortho intramolecular Hbond substituents is 1. The van der Waals surface area contributed by atoms with E-state index in [9.17, 15) is 53.4 Å². The zero-order valence-corrected chi connectivity index (χ0v) is 53.3. The van der Waals surface area contributed by atoms with E-state index in [4.69, 9.17) is 17.2 Å². The van der Waals surface area contributed by atoms with E-state index in [0.717, 1.165) is 10.8 Å². The maximum absolute atomic E-state index is 15.1. The van der Waals surface area contributed by atoms with Crippen molar-refractivity contribution < 1.29 is 63.0 Å². The van der Waals surface area contributed by atoms with Gasteiger partial charge >= 0.3 is 0 Å². The monoisotopic (exact) mass is 1320 g/mol. The topological polar surface area (TPSA) is 471 Å². The number of aliphatic hydroxyl groups excluding tert-OH is 1. The number of aliphatic imine (C=N–C) groups is 3. The molecule has 0 spiro atoms. The second-order valence-electron chi connectivity index (χ2n) is 24.4. The van der Waals surface area contributed by atoms with Gasteiger partial charge in [0.2, 0.25) is 65.0 Å². The number of aromatic hydroxyl groups is 1. The van der Waals surface area contributed by atoms with Crippen LogP contribution in [0.25, 0.3) is 21.7 Å². The quantitative estimate of drug-likeness (QED) is 0.0126. The standard InChI is InChI=1S/C66H83N17O13/c1-36(2)25-48(58(89)76-47(13-7-23-71-66(68)69)65(96)83-24-8-14-54(83)64(95)73-33-55(67)86)77-60(91)50(28-38-15-18-39-9-3-4-10-40(39)26-38)78-59(90)49(27-37-16-19-43(85)20-17-37)79-63(94)53(34-84)82-61(92)51(29-41-31-72-45-12-6-5-11-44(41)45)80-62(93)52(30-42-32-70-35-74-42)81-57(88)46-21-22-56(87)75-46/h3-6,9-12,15-20,26,31-32,35-36,42,46-54,72,84-85H,7-8,13-14,21-25,27-30,33-34H2,1-2H3,(H2,67,86)(H,73,95)(H,75,87)(H,76,89)(H,77,91)(H,78,90)(H,79,94)(H,80,93)(H,81,88)(H,82,92)(H4,68,69,71)/t42?,46?,47?,48?,49?,50-,51?,52?,53?,54?/m1/s1. The van der Waals surface area contributed by atoms with E-state index in [2.05, 4.69) is 67.8 Å². The summed E-state index contributed by atoms with van der Waals surface area (Å²) in [6, 6.07) is 12.8. The van der Waals surface area contributed by atoms with Gasteiger partial charge in [-0.3, -0.25) is 62.7 Å². The van der Waals surface area contributed by atoms with E-state index in [-0.39, 0.29) is 101 Å². The maximum atomic E-state index is 15.1. The number of aromatic amines is 1. The van der Waals surface area contributed by atoms with Gasteiger partial charge in [-0.05, 0) is 90.1 Å². The van der Waals surface area contributed by atoms with Crippen LogP contribution >= 0.6 is 0 Å². The minimum Gasteiger partial charge on any atom is -0.508 e. The van der Waals surface area contributed by atoms with Gasteiger partial charge in [-0.15, -0.1) is 0 Å². The molecule has 3 aliphatic heterocycles. The smallest absolute Gasteiger partial charge is 0.245 e. The van der Waals surface area contributed by atoms with Gasteiger partial charge in [-0.2, -0.15) is 0 Å². The molecule has 5 aromatic rings. The predicted molar refractivity (Wildman–Crippen MR) is 355 cm³/mol. The van der Waals surface area contributed by atoms with Crippen LogP contribution in [0.2, 0.25) is 0 Å². The molecule has 30 nitrogen and oxygen atoms in total. The van der Waals surface area contributed by atoms with Crippen LogP contribution in [0.3, 0.4) is 0 Å². The molecule has 2 saturated heterocycles. The maximum Gasteiger partial charge on any atom is 0.245 e. The van der Waals surface area contributed by atoms with Crippen molar-refractivity contribution >= 4 is 105 Å². The second kappa shape index (κ2) is 33.9. The Bertz CT molecular complexity index is 3750. The van der Waals surface area contributed by atoms with Crippen LogP contribution in [0.15, 0.2) is 112 Å². The van der Waals surface area contributed by atoms with Crippen LogP contribution in [0.4, 0.5) is 0 Å². The summed E-state index contributed by atoms with van der Waals surface area (Å²) in [6.07, 6.45) is 4.85. The van der Waals surface area contributed by atoms with E-state index in [1.54, 1.807) is 50.4 Å². The van der Waals surface area contributed by atoms with Gasteiger partial charge in [0.05, 0.1) is 19.2 Å². The van der Waals surface area contributed by atoms with Crippen LogP contribution in [0.5, 0.6) is 5.75 Å². The third-order valence-corrected chi connectivity index (χ3v) is 16.6. The van der Waals surface area contributed by atoms with Crippen molar-refractivity contribution in [3.05, 3.63) is 114 Å². The number of carbonyl (C=O) groups is 11. The minimum absolute atomic E-state index is 0.00791. The van der Waals surface area contributed by atoms with Crippen molar-refractivity contribution in [3.63, 3.8) is 0 Å². The van der Waals surface area contributed by atoms with Crippen molar-refractivity contribution in [2.75, 3.05) is 26.2 Å². The van der Waals surface area contributed by atoms with E-state index in [1.807, 2.05) is 36.4 Å². The van der Waals surface area contributed by atoms with Gasteiger partial charge < -0.3 is 85.1 Å². The molecule has 510 valence electrons. The highest BCUT2D eigenvalue weighted by atomic mass is 16.3. The number of hydrogen-bond acceptors (Lipinski definition) is 16. The first-order valence-electron chi connectivity index (χ1n) is 31.8. The van der Waals surface area contributed by atoms with E-state index in [0.29, 0.717) is 34.0 Å². The third-order valence-electron chi connectivity index (χ3n) is 16.6.